The maximum atomic E-state index is 11.9. The summed E-state index contributed by atoms with van der Waals surface area (Å²) in [6, 6.07) is 0.166. The van der Waals surface area contributed by atoms with E-state index in [1.165, 1.54) is 12.8 Å². The van der Waals surface area contributed by atoms with E-state index >= 15 is 0 Å². The van der Waals surface area contributed by atoms with Crippen LogP contribution < -0.4 is 5.48 Å². The van der Waals surface area contributed by atoms with Crippen molar-refractivity contribution in [3.63, 3.8) is 0 Å². The molecule has 1 atom stereocenters. The van der Waals surface area contributed by atoms with Crippen LogP contribution in [0.15, 0.2) is 18.7 Å². The zero-order chi connectivity index (χ0) is 13.5. The molecule has 1 heterocycles. The number of imidazole rings is 1. The molecule has 0 saturated heterocycles. The van der Waals surface area contributed by atoms with Crippen LogP contribution in [0.2, 0.25) is 0 Å². The lowest BCUT2D eigenvalue weighted by atomic mass is 10.1. The molecule has 2 rings (SSSR count). The van der Waals surface area contributed by atoms with Crippen molar-refractivity contribution in [2.24, 2.45) is 0 Å². The highest BCUT2D eigenvalue weighted by molar-refractivity contribution is 5.75. The molecule has 19 heavy (non-hydrogen) atoms. The first kappa shape index (κ1) is 14.1. The van der Waals surface area contributed by atoms with Gasteiger partial charge in [0.1, 0.15) is 0 Å². The van der Waals surface area contributed by atoms with Gasteiger partial charge in [-0.3, -0.25) is 9.63 Å². The van der Waals surface area contributed by atoms with Crippen LogP contribution in [-0.2, 0) is 9.63 Å². The number of aromatic nitrogens is 2. The van der Waals surface area contributed by atoms with E-state index in [-0.39, 0.29) is 18.1 Å². The molecule has 1 aliphatic carbocycles. The molecule has 1 aromatic heterocycles. The van der Waals surface area contributed by atoms with E-state index in [1.54, 1.807) is 12.5 Å². The van der Waals surface area contributed by atoms with Crippen molar-refractivity contribution in [2.75, 3.05) is 0 Å². The third-order valence-electron chi connectivity index (χ3n) is 3.63. The van der Waals surface area contributed by atoms with Gasteiger partial charge in [0.25, 0.3) is 0 Å². The molecule has 0 bridgehead atoms. The number of nitrogens with one attached hydrogen (secondary N) is 1. The highest BCUT2D eigenvalue weighted by Gasteiger charge is 2.19. The Morgan fingerprint density at radius 3 is 2.95 bits per heavy atom. The lowest BCUT2D eigenvalue weighted by Gasteiger charge is -2.18. The standard InChI is InChI=1S/C14H23N3O2/c1-2-5-12(17-9-8-15-11-17)10-14(18)16-19-13-6-3-4-7-13/h8-9,11-13H,2-7,10H2,1H3,(H,16,18). The van der Waals surface area contributed by atoms with Crippen LogP contribution in [0.1, 0.15) is 57.9 Å². The fourth-order valence-corrected chi connectivity index (χ4v) is 2.59. The van der Waals surface area contributed by atoms with Gasteiger partial charge in [-0.1, -0.05) is 26.2 Å². The highest BCUT2D eigenvalue weighted by Crippen LogP contribution is 2.21. The molecule has 1 aromatic rings. The van der Waals surface area contributed by atoms with Gasteiger partial charge in [-0.15, -0.1) is 0 Å². The van der Waals surface area contributed by atoms with E-state index in [4.69, 9.17) is 4.84 Å². The lowest BCUT2D eigenvalue weighted by Crippen LogP contribution is -2.30. The molecular formula is C14H23N3O2. The maximum absolute atomic E-state index is 11.9. The van der Waals surface area contributed by atoms with Crippen LogP contribution in [0.5, 0.6) is 0 Å². The largest absolute Gasteiger partial charge is 0.334 e. The number of carbonyl (C=O) groups is 1. The topological polar surface area (TPSA) is 56.1 Å². The average molecular weight is 265 g/mol. The Hall–Kier alpha value is -1.36. The molecule has 0 radical (unpaired) electrons. The average Bonchev–Trinajstić information content (AvgIpc) is 3.09. The van der Waals surface area contributed by atoms with Gasteiger partial charge in [0.2, 0.25) is 5.91 Å². The third kappa shape index (κ3) is 4.35. The number of hydrogen-bond acceptors (Lipinski definition) is 3. The fraction of sp³-hybridized carbons (Fsp3) is 0.714. The van der Waals surface area contributed by atoms with Crippen molar-refractivity contribution < 1.29 is 9.63 Å². The minimum absolute atomic E-state index is 0.0425. The second-order valence-corrected chi connectivity index (χ2v) is 5.21. The lowest BCUT2D eigenvalue weighted by molar-refractivity contribution is -0.139. The number of nitrogens with zero attached hydrogens (tertiary/aromatic N) is 2. The van der Waals surface area contributed by atoms with Crippen LogP contribution in [0.25, 0.3) is 0 Å². The first-order chi connectivity index (χ1) is 9.29. The van der Waals surface area contributed by atoms with Crippen molar-refractivity contribution >= 4 is 5.91 Å². The normalized spacial score (nSPS) is 17.5. The quantitative estimate of drug-likeness (QED) is 0.771. The van der Waals surface area contributed by atoms with Crippen LogP contribution in [0.4, 0.5) is 0 Å². The van der Waals surface area contributed by atoms with E-state index in [0.29, 0.717) is 6.42 Å². The van der Waals surface area contributed by atoms with Crippen molar-refractivity contribution in [1.29, 1.82) is 0 Å². The SMILES string of the molecule is CCCC(CC(=O)NOC1CCCC1)n1ccnc1. The van der Waals surface area contributed by atoms with Gasteiger partial charge in [-0.25, -0.2) is 10.5 Å². The molecule has 1 saturated carbocycles. The number of carbonyl (C=O) groups excluding carboxylic acids is 1. The molecule has 1 N–H and O–H groups in total. The summed E-state index contributed by atoms with van der Waals surface area (Å²) in [5.41, 5.74) is 2.60. The summed E-state index contributed by atoms with van der Waals surface area (Å²) in [5.74, 6) is -0.0425. The number of rotatable bonds is 7. The summed E-state index contributed by atoms with van der Waals surface area (Å²) in [7, 11) is 0. The Labute approximate surface area is 114 Å². The van der Waals surface area contributed by atoms with E-state index in [0.717, 1.165) is 25.7 Å². The minimum atomic E-state index is -0.0425. The second-order valence-electron chi connectivity index (χ2n) is 5.21. The summed E-state index contributed by atoms with van der Waals surface area (Å²) >= 11 is 0. The Morgan fingerprint density at radius 1 is 1.53 bits per heavy atom. The van der Waals surface area contributed by atoms with Gasteiger partial charge in [0, 0.05) is 24.9 Å². The first-order valence-electron chi connectivity index (χ1n) is 7.21. The van der Waals surface area contributed by atoms with Crippen molar-refractivity contribution in [3.8, 4) is 0 Å². The van der Waals surface area contributed by atoms with Crippen molar-refractivity contribution in [1.82, 2.24) is 15.0 Å². The van der Waals surface area contributed by atoms with E-state index < -0.39 is 0 Å². The third-order valence-corrected chi connectivity index (χ3v) is 3.63. The molecule has 1 unspecified atom stereocenters. The Balaban J connectivity index is 1.77. The number of amides is 1. The summed E-state index contributed by atoms with van der Waals surface area (Å²) in [5, 5.41) is 0. The van der Waals surface area contributed by atoms with Crippen LogP contribution in [-0.4, -0.2) is 21.6 Å². The van der Waals surface area contributed by atoms with Crippen molar-refractivity contribution in [3.05, 3.63) is 18.7 Å². The van der Waals surface area contributed by atoms with Crippen LogP contribution in [0, 0.1) is 0 Å². The molecular weight excluding hydrogens is 242 g/mol. The first-order valence-corrected chi connectivity index (χ1v) is 7.21. The summed E-state index contributed by atoms with van der Waals surface area (Å²) < 4.78 is 2.00. The molecule has 0 aromatic carbocycles. The predicted octanol–water partition coefficient (Wildman–Crippen LogP) is 2.60. The number of hydrogen-bond donors (Lipinski definition) is 1. The van der Waals surface area contributed by atoms with Gasteiger partial charge in [-0.2, -0.15) is 0 Å². The molecule has 5 nitrogen and oxygen atoms in total. The van der Waals surface area contributed by atoms with E-state index in [1.807, 2.05) is 10.8 Å². The van der Waals surface area contributed by atoms with Gasteiger partial charge < -0.3 is 4.57 Å². The van der Waals surface area contributed by atoms with E-state index in [2.05, 4.69) is 17.4 Å². The van der Waals surface area contributed by atoms with Gasteiger partial charge >= 0.3 is 0 Å². The predicted molar refractivity (Wildman–Crippen MR) is 72.3 cm³/mol. The summed E-state index contributed by atoms with van der Waals surface area (Å²) in [4.78, 5) is 21.4. The molecule has 1 aliphatic rings. The van der Waals surface area contributed by atoms with Gasteiger partial charge in [-0.05, 0) is 19.3 Å². The summed E-state index contributed by atoms with van der Waals surface area (Å²) in [6.45, 7) is 2.12. The molecule has 1 amide bonds. The van der Waals surface area contributed by atoms with Crippen LogP contribution in [0.3, 0.4) is 0 Å². The smallest absolute Gasteiger partial charge is 0.245 e. The zero-order valence-corrected chi connectivity index (χ0v) is 11.5. The Kier molecular flexibility index (Phi) is 5.39. The Morgan fingerprint density at radius 2 is 2.32 bits per heavy atom. The molecule has 0 spiro atoms. The van der Waals surface area contributed by atoms with Crippen molar-refractivity contribution in [2.45, 2.75) is 64.0 Å². The minimum Gasteiger partial charge on any atom is -0.334 e. The summed E-state index contributed by atoms with van der Waals surface area (Å²) in [6.07, 6.45) is 12.6. The molecule has 1 fully saturated rings. The monoisotopic (exact) mass is 265 g/mol. The van der Waals surface area contributed by atoms with Gasteiger partial charge in [0.05, 0.1) is 12.4 Å². The van der Waals surface area contributed by atoms with Gasteiger partial charge in [0.15, 0.2) is 0 Å². The maximum Gasteiger partial charge on any atom is 0.245 e. The Bertz CT molecular complexity index is 372. The molecule has 106 valence electrons. The van der Waals surface area contributed by atoms with Crippen LogP contribution >= 0.6 is 0 Å². The molecule has 0 aliphatic heterocycles. The van der Waals surface area contributed by atoms with E-state index in [9.17, 15) is 4.79 Å². The second kappa shape index (κ2) is 7.28. The highest BCUT2D eigenvalue weighted by atomic mass is 16.7. The zero-order valence-electron chi connectivity index (χ0n) is 11.5. The molecule has 5 heteroatoms. The number of hydroxylamine groups is 1. The fourth-order valence-electron chi connectivity index (χ4n) is 2.59.